The van der Waals surface area contributed by atoms with Gasteiger partial charge in [-0.15, -0.1) is 0 Å². The van der Waals surface area contributed by atoms with Crippen molar-refractivity contribution in [1.29, 1.82) is 0 Å². The highest BCUT2D eigenvalue weighted by Gasteiger charge is 2.10. The number of rotatable bonds is 3. The average molecular weight is 222 g/mol. The van der Waals surface area contributed by atoms with Crippen molar-refractivity contribution in [2.45, 2.75) is 0 Å². The molecule has 0 amide bonds. The van der Waals surface area contributed by atoms with Crippen molar-refractivity contribution in [2.75, 3.05) is 14.2 Å². The SMILES string of the molecule is COc1ccc(OC)c(-n2nn[nH]c2=O)c1. The maximum atomic E-state index is 11.4. The van der Waals surface area contributed by atoms with Crippen molar-refractivity contribution in [1.82, 2.24) is 20.2 Å². The molecule has 7 heteroatoms. The lowest BCUT2D eigenvalue weighted by molar-refractivity contribution is 0.400. The highest BCUT2D eigenvalue weighted by molar-refractivity contribution is 5.50. The summed E-state index contributed by atoms with van der Waals surface area (Å²) in [4.78, 5) is 11.4. The summed E-state index contributed by atoms with van der Waals surface area (Å²) < 4.78 is 11.3. The number of hydrogen-bond donors (Lipinski definition) is 1. The molecule has 0 fully saturated rings. The Morgan fingerprint density at radius 2 is 2.12 bits per heavy atom. The molecule has 2 rings (SSSR count). The van der Waals surface area contributed by atoms with E-state index >= 15 is 0 Å². The van der Waals surface area contributed by atoms with Crippen molar-refractivity contribution < 1.29 is 9.47 Å². The van der Waals surface area contributed by atoms with E-state index in [1.165, 1.54) is 14.2 Å². The fraction of sp³-hybridized carbons (Fsp3) is 0.222. The third-order valence-corrected chi connectivity index (χ3v) is 2.09. The van der Waals surface area contributed by atoms with Gasteiger partial charge in [0.1, 0.15) is 17.2 Å². The van der Waals surface area contributed by atoms with E-state index in [1.54, 1.807) is 18.2 Å². The first-order valence-corrected chi connectivity index (χ1v) is 4.49. The lowest BCUT2D eigenvalue weighted by Crippen LogP contribution is -2.16. The molecule has 16 heavy (non-hydrogen) atoms. The number of nitrogens with one attached hydrogen (secondary N) is 1. The monoisotopic (exact) mass is 222 g/mol. The third kappa shape index (κ3) is 1.62. The Morgan fingerprint density at radius 1 is 1.31 bits per heavy atom. The summed E-state index contributed by atoms with van der Waals surface area (Å²) in [6.07, 6.45) is 0. The van der Waals surface area contributed by atoms with Crippen molar-refractivity contribution in [2.24, 2.45) is 0 Å². The molecular formula is C9H10N4O3. The Kier molecular flexibility index (Phi) is 2.59. The first-order valence-electron chi connectivity index (χ1n) is 4.49. The van der Waals surface area contributed by atoms with E-state index in [2.05, 4.69) is 15.5 Å². The van der Waals surface area contributed by atoms with Crippen molar-refractivity contribution in [3.05, 3.63) is 28.7 Å². The molecule has 1 aromatic carbocycles. The molecule has 0 atom stereocenters. The molecule has 0 saturated carbocycles. The maximum Gasteiger partial charge on any atom is 0.365 e. The zero-order valence-electron chi connectivity index (χ0n) is 8.80. The fourth-order valence-corrected chi connectivity index (χ4v) is 1.32. The second kappa shape index (κ2) is 4.05. The van der Waals surface area contributed by atoms with Crippen LogP contribution >= 0.6 is 0 Å². The molecule has 84 valence electrons. The Hall–Kier alpha value is -2.31. The van der Waals surface area contributed by atoms with Crippen LogP contribution in [0.15, 0.2) is 23.0 Å². The quantitative estimate of drug-likeness (QED) is 0.788. The smallest absolute Gasteiger partial charge is 0.365 e. The second-order valence-electron chi connectivity index (χ2n) is 2.96. The fourth-order valence-electron chi connectivity index (χ4n) is 1.32. The van der Waals surface area contributed by atoms with Gasteiger partial charge in [0, 0.05) is 6.07 Å². The van der Waals surface area contributed by atoms with Gasteiger partial charge in [-0.3, -0.25) is 0 Å². The minimum Gasteiger partial charge on any atom is -0.497 e. The average Bonchev–Trinajstić information content (AvgIpc) is 2.74. The van der Waals surface area contributed by atoms with E-state index in [-0.39, 0.29) is 0 Å². The Labute approximate surface area is 90.6 Å². The van der Waals surface area contributed by atoms with Gasteiger partial charge in [-0.2, -0.15) is 4.68 Å². The molecule has 0 aliphatic carbocycles. The van der Waals surface area contributed by atoms with Crippen LogP contribution in [-0.4, -0.2) is 34.4 Å². The number of aromatic nitrogens is 4. The van der Waals surface area contributed by atoms with E-state index in [0.717, 1.165) is 4.68 Å². The summed E-state index contributed by atoms with van der Waals surface area (Å²) in [6, 6.07) is 5.06. The number of hydrogen-bond acceptors (Lipinski definition) is 5. The van der Waals surface area contributed by atoms with Gasteiger partial charge in [-0.1, -0.05) is 0 Å². The van der Waals surface area contributed by atoms with Gasteiger partial charge < -0.3 is 9.47 Å². The minimum atomic E-state index is -0.438. The summed E-state index contributed by atoms with van der Waals surface area (Å²) in [5.74, 6) is 1.11. The number of nitrogens with zero attached hydrogens (tertiary/aromatic N) is 3. The number of tetrazole rings is 1. The van der Waals surface area contributed by atoms with E-state index in [1.807, 2.05) is 0 Å². The van der Waals surface area contributed by atoms with Crippen LogP contribution in [-0.2, 0) is 0 Å². The molecule has 7 nitrogen and oxygen atoms in total. The van der Waals surface area contributed by atoms with E-state index in [9.17, 15) is 4.79 Å². The van der Waals surface area contributed by atoms with E-state index in [4.69, 9.17) is 9.47 Å². The molecule has 1 heterocycles. The van der Waals surface area contributed by atoms with E-state index in [0.29, 0.717) is 17.2 Å². The normalized spacial score (nSPS) is 10.1. The van der Waals surface area contributed by atoms with Crippen molar-refractivity contribution in [3.8, 4) is 17.2 Å². The molecule has 0 radical (unpaired) electrons. The van der Waals surface area contributed by atoms with Gasteiger partial charge in [-0.05, 0) is 22.6 Å². The summed E-state index contributed by atoms with van der Waals surface area (Å²) in [5.41, 5.74) is 0.0344. The summed E-state index contributed by atoms with van der Waals surface area (Å²) in [7, 11) is 3.05. The van der Waals surface area contributed by atoms with Gasteiger partial charge in [-0.25, -0.2) is 9.89 Å². The van der Waals surface area contributed by atoms with Crippen LogP contribution in [0.2, 0.25) is 0 Å². The molecule has 1 aromatic heterocycles. The van der Waals surface area contributed by atoms with Gasteiger partial charge in [0.25, 0.3) is 0 Å². The molecular weight excluding hydrogens is 212 g/mol. The Morgan fingerprint density at radius 3 is 2.69 bits per heavy atom. The summed E-state index contributed by atoms with van der Waals surface area (Å²) in [5, 5.41) is 9.25. The van der Waals surface area contributed by atoms with Crippen LogP contribution in [0.25, 0.3) is 5.69 Å². The standard InChI is InChI=1S/C9H10N4O3/c1-15-6-3-4-8(16-2)7(5-6)13-9(14)10-11-12-13/h3-5H,1-2H3,(H,10,12,14). The van der Waals surface area contributed by atoms with Crippen LogP contribution < -0.4 is 15.2 Å². The van der Waals surface area contributed by atoms with Crippen molar-refractivity contribution >= 4 is 0 Å². The number of H-pyrrole nitrogens is 1. The maximum absolute atomic E-state index is 11.4. The molecule has 1 N–H and O–H groups in total. The number of benzene rings is 1. The van der Waals surface area contributed by atoms with Crippen LogP contribution in [0, 0.1) is 0 Å². The molecule has 2 aromatic rings. The van der Waals surface area contributed by atoms with Gasteiger partial charge in [0.15, 0.2) is 0 Å². The Balaban J connectivity index is 2.62. The lowest BCUT2D eigenvalue weighted by atomic mass is 10.3. The molecule has 0 saturated heterocycles. The number of ether oxygens (including phenoxy) is 2. The van der Waals surface area contributed by atoms with Gasteiger partial charge in [0.05, 0.1) is 14.2 Å². The summed E-state index contributed by atoms with van der Waals surface area (Å²) in [6.45, 7) is 0. The lowest BCUT2D eigenvalue weighted by Gasteiger charge is -2.08. The topological polar surface area (TPSA) is 82.0 Å². The minimum absolute atomic E-state index is 0.438. The first-order chi connectivity index (χ1) is 7.76. The largest absolute Gasteiger partial charge is 0.497 e. The van der Waals surface area contributed by atoms with Crippen LogP contribution in [0.3, 0.4) is 0 Å². The van der Waals surface area contributed by atoms with Gasteiger partial charge in [0.2, 0.25) is 0 Å². The zero-order chi connectivity index (χ0) is 11.5. The van der Waals surface area contributed by atoms with Crippen LogP contribution in [0.5, 0.6) is 11.5 Å². The number of aromatic amines is 1. The van der Waals surface area contributed by atoms with Crippen LogP contribution in [0.4, 0.5) is 0 Å². The van der Waals surface area contributed by atoms with Crippen molar-refractivity contribution in [3.63, 3.8) is 0 Å². The second-order valence-corrected chi connectivity index (χ2v) is 2.96. The predicted molar refractivity (Wildman–Crippen MR) is 55.1 cm³/mol. The Bertz CT molecular complexity index is 546. The molecule has 0 spiro atoms. The zero-order valence-corrected chi connectivity index (χ0v) is 8.80. The summed E-state index contributed by atoms with van der Waals surface area (Å²) >= 11 is 0. The molecule has 0 bridgehead atoms. The molecule has 0 unspecified atom stereocenters. The predicted octanol–water partition coefficient (Wildman–Crippen LogP) is -0.0272. The first kappa shape index (κ1) is 10.2. The highest BCUT2D eigenvalue weighted by atomic mass is 16.5. The highest BCUT2D eigenvalue weighted by Crippen LogP contribution is 2.25. The number of methoxy groups -OCH3 is 2. The van der Waals surface area contributed by atoms with Crippen LogP contribution in [0.1, 0.15) is 0 Å². The molecule has 0 aliphatic rings. The van der Waals surface area contributed by atoms with Gasteiger partial charge >= 0.3 is 5.69 Å². The molecule has 0 aliphatic heterocycles. The third-order valence-electron chi connectivity index (χ3n) is 2.09. The van der Waals surface area contributed by atoms with E-state index < -0.39 is 5.69 Å².